The van der Waals surface area contributed by atoms with Gasteiger partial charge >= 0.3 is 11.9 Å². The van der Waals surface area contributed by atoms with E-state index in [0.717, 1.165) is 12.8 Å². The van der Waals surface area contributed by atoms with Gasteiger partial charge in [-0.05, 0) is 51.4 Å². The van der Waals surface area contributed by atoms with Gasteiger partial charge in [-0.15, -0.1) is 0 Å². The van der Waals surface area contributed by atoms with Crippen LogP contribution >= 0.6 is 0 Å². The van der Waals surface area contributed by atoms with Gasteiger partial charge in [0, 0.05) is 13.2 Å². The van der Waals surface area contributed by atoms with Gasteiger partial charge in [0.2, 0.25) is 0 Å². The Bertz CT molecular complexity index is 516. The van der Waals surface area contributed by atoms with Crippen molar-refractivity contribution in [2.24, 2.45) is 10.8 Å². The number of hydrogen-bond donors (Lipinski definition) is 2. The van der Waals surface area contributed by atoms with Crippen LogP contribution < -0.4 is 0 Å². The molecule has 6 atom stereocenters. The lowest BCUT2D eigenvalue weighted by molar-refractivity contribution is -0.152. The second-order valence-corrected chi connectivity index (χ2v) is 8.19. The second kappa shape index (κ2) is 6.21. The van der Waals surface area contributed by atoms with Crippen molar-refractivity contribution in [1.29, 1.82) is 0 Å². The number of carboxylic acids is 2. The Morgan fingerprint density at radius 2 is 1.28 bits per heavy atom. The normalized spacial score (nSPS) is 44.5. The first-order valence-corrected chi connectivity index (χ1v) is 9.30. The predicted molar refractivity (Wildman–Crippen MR) is 85.2 cm³/mol. The summed E-state index contributed by atoms with van der Waals surface area (Å²) in [7, 11) is 0. The molecule has 0 aromatic heterocycles. The lowest BCUT2D eigenvalue weighted by Gasteiger charge is -2.32. The Hall–Kier alpha value is -1.18. The lowest BCUT2D eigenvalue weighted by atomic mass is 9.72. The maximum atomic E-state index is 11.7. The molecule has 0 amide bonds. The highest BCUT2D eigenvalue weighted by atomic mass is 16.6. The van der Waals surface area contributed by atoms with Crippen LogP contribution in [0.25, 0.3) is 0 Å². The van der Waals surface area contributed by atoms with Gasteiger partial charge in [0.05, 0.1) is 35.2 Å². The van der Waals surface area contributed by atoms with Crippen LogP contribution in [0.1, 0.15) is 51.4 Å². The van der Waals surface area contributed by atoms with Gasteiger partial charge in [-0.3, -0.25) is 9.59 Å². The van der Waals surface area contributed by atoms with E-state index in [9.17, 15) is 19.8 Å². The molecule has 6 unspecified atom stereocenters. The highest BCUT2D eigenvalue weighted by Crippen LogP contribution is 2.49. The number of epoxide rings is 2. The highest BCUT2D eigenvalue weighted by Gasteiger charge is 2.55. The van der Waals surface area contributed by atoms with Crippen LogP contribution in [0.15, 0.2) is 0 Å². The average molecular weight is 354 g/mol. The maximum Gasteiger partial charge on any atom is 0.309 e. The van der Waals surface area contributed by atoms with E-state index in [1.54, 1.807) is 0 Å². The molecule has 0 radical (unpaired) electrons. The lowest BCUT2D eigenvalue weighted by Crippen LogP contribution is -2.38. The van der Waals surface area contributed by atoms with Crippen molar-refractivity contribution in [3.63, 3.8) is 0 Å². The zero-order chi connectivity index (χ0) is 17.7. The molecule has 0 aromatic carbocycles. The van der Waals surface area contributed by atoms with Crippen LogP contribution in [0.3, 0.4) is 0 Å². The van der Waals surface area contributed by atoms with E-state index in [0.29, 0.717) is 51.7 Å². The minimum Gasteiger partial charge on any atom is -0.481 e. The molecule has 2 heterocycles. The number of ether oxygens (including phenoxy) is 3. The number of aliphatic carboxylic acids is 2. The largest absolute Gasteiger partial charge is 0.481 e. The minimum atomic E-state index is -0.767. The summed E-state index contributed by atoms with van der Waals surface area (Å²) in [6, 6.07) is 0. The molecule has 4 aliphatic rings. The van der Waals surface area contributed by atoms with Gasteiger partial charge in [-0.2, -0.15) is 0 Å². The van der Waals surface area contributed by atoms with Gasteiger partial charge in [0.25, 0.3) is 0 Å². The fourth-order valence-corrected chi connectivity index (χ4v) is 4.73. The van der Waals surface area contributed by atoms with E-state index in [1.165, 1.54) is 0 Å². The Kier molecular flexibility index (Phi) is 4.29. The number of rotatable bonds is 8. The predicted octanol–water partition coefficient (Wildman–Crippen LogP) is 1.83. The molecular formula is C18H26O7. The summed E-state index contributed by atoms with van der Waals surface area (Å²) >= 11 is 0. The van der Waals surface area contributed by atoms with E-state index in [4.69, 9.17) is 14.2 Å². The summed E-state index contributed by atoms with van der Waals surface area (Å²) in [5, 5.41) is 19.3. The monoisotopic (exact) mass is 354 g/mol. The Balaban J connectivity index is 1.24. The summed E-state index contributed by atoms with van der Waals surface area (Å²) in [4.78, 5) is 23.5. The molecule has 0 bridgehead atoms. The molecule has 4 rings (SSSR count). The first-order chi connectivity index (χ1) is 11.9. The summed E-state index contributed by atoms with van der Waals surface area (Å²) < 4.78 is 16.6. The SMILES string of the molecule is O=C(O)C1(CCOCCC2(C(=O)O)CCC3OC3C2)CCC2OC2C1. The van der Waals surface area contributed by atoms with E-state index in [-0.39, 0.29) is 24.4 Å². The molecule has 7 heteroatoms. The molecule has 25 heavy (non-hydrogen) atoms. The molecule has 2 aliphatic carbocycles. The van der Waals surface area contributed by atoms with Crippen molar-refractivity contribution in [3.05, 3.63) is 0 Å². The number of hydrogen-bond acceptors (Lipinski definition) is 5. The molecular weight excluding hydrogens is 328 g/mol. The van der Waals surface area contributed by atoms with Gasteiger partial charge in [-0.1, -0.05) is 0 Å². The third kappa shape index (κ3) is 3.29. The minimum absolute atomic E-state index is 0.105. The quantitative estimate of drug-likeness (QED) is 0.505. The van der Waals surface area contributed by atoms with Crippen molar-refractivity contribution in [2.75, 3.05) is 13.2 Å². The highest BCUT2D eigenvalue weighted by molar-refractivity contribution is 5.75. The van der Waals surface area contributed by atoms with Gasteiger partial charge < -0.3 is 24.4 Å². The Labute approximate surface area is 146 Å². The first-order valence-electron chi connectivity index (χ1n) is 9.30. The van der Waals surface area contributed by atoms with Gasteiger partial charge in [0.1, 0.15) is 0 Å². The van der Waals surface area contributed by atoms with Crippen LogP contribution in [0.2, 0.25) is 0 Å². The van der Waals surface area contributed by atoms with Gasteiger partial charge in [-0.25, -0.2) is 0 Å². The fraction of sp³-hybridized carbons (Fsp3) is 0.889. The number of carbonyl (C=O) groups is 2. The first kappa shape index (κ1) is 17.2. The van der Waals surface area contributed by atoms with Crippen LogP contribution in [0.4, 0.5) is 0 Å². The fourth-order valence-electron chi connectivity index (χ4n) is 4.73. The number of fused-ring (bicyclic) bond motifs is 2. The Morgan fingerprint density at radius 1 is 0.840 bits per heavy atom. The van der Waals surface area contributed by atoms with Crippen molar-refractivity contribution >= 4 is 11.9 Å². The summed E-state index contributed by atoms with van der Waals surface area (Å²) in [5.74, 6) is -1.53. The summed E-state index contributed by atoms with van der Waals surface area (Å²) in [5.41, 5.74) is -1.50. The van der Waals surface area contributed by atoms with E-state index in [2.05, 4.69) is 0 Å². The van der Waals surface area contributed by atoms with Crippen molar-refractivity contribution in [2.45, 2.75) is 75.8 Å². The topological polar surface area (TPSA) is 109 Å². The molecule has 0 aromatic rings. The van der Waals surface area contributed by atoms with Crippen LogP contribution in [0.5, 0.6) is 0 Å². The molecule has 0 spiro atoms. The standard InChI is InChI=1S/C18H26O7/c19-15(20)17(3-1-11-13(9-17)24-11)5-7-23-8-6-18(16(21)22)4-2-12-14(10-18)25-12/h11-14H,1-10H2,(H,19,20)(H,21,22). The third-order valence-corrected chi connectivity index (χ3v) is 6.73. The Morgan fingerprint density at radius 3 is 1.64 bits per heavy atom. The summed E-state index contributed by atoms with van der Waals surface area (Å²) in [6.45, 7) is 0.698. The van der Waals surface area contributed by atoms with Crippen molar-refractivity contribution in [1.82, 2.24) is 0 Å². The number of carboxylic acid groups (broad SMARTS) is 2. The molecule has 2 aliphatic heterocycles. The molecule has 7 nitrogen and oxygen atoms in total. The molecule has 2 N–H and O–H groups in total. The molecule has 140 valence electrons. The third-order valence-electron chi connectivity index (χ3n) is 6.73. The van der Waals surface area contributed by atoms with Crippen LogP contribution in [-0.4, -0.2) is 59.8 Å². The van der Waals surface area contributed by atoms with Gasteiger partial charge in [0.15, 0.2) is 0 Å². The van der Waals surface area contributed by atoms with E-state index >= 15 is 0 Å². The van der Waals surface area contributed by atoms with Crippen LogP contribution in [0, 0.1) is 10.8 Å². The molecule has 2 saturated heterocycles. The van der Waals surface area contributed by atoms with Crippen molar-refractivity contribution in [3.8, 4) is 0 Å². The molecule has 2 saturated carbocycles. The maximum absolute atomic E-state index is 11.7. The smallest absolute Gasteiger partial charge is 0.309 e. The molecule has 4 fully saturated rings. The van der Waals surface area contributed by atoms with E-state index in [1.807, 2.05) is 0 Å². The van der Waals surface area contributed by atoms with Crippen molar-refractivity contribution < 1.29 is 34.0 Å². The van der Waals surface area contributed by atoms with E-state index < -0.39 is 22.8 Å². The average Bonchev–Trinajstić information content (AvgIpc) is 3.47. The van der Waals surface area contributed by atoms with Crippen LogP contribution in [-0.2, 0) is 23.8 Å². The summed E-state index contributed by atoms with van der Waals surface area (Å²) in [6.07, 6.45) is 5.68. The zero-order valence-corrected chi connectivity index (χ0v) is 14.3. The zero-order valence-electron chi connectivity index (χ0n) is 14.3. The second-order valence-electron chi connectivity index (χ2n) is 8.19.